The first-order valence-corrected chi connectivity index (χ1v) is 8.39. The zero-order valence-electron chi connectivity index (χ0n) is 12.0. The maximum atomic E-state index is 12.1. The average Bonchev–Trinajstić information content (AvgIpc) is 2.99. The first kappa shape index (κ1) is 17.6. The molecule has 8 heteroatoms. The van der Waals surface area contributed by atoms with Crippen LogP contribution in [0.3, 0.4) is 0 Å². The molecule has 122 valence electrons. The number of thiophene rings is 1. The summed E-state index contributed by atoms with van der Waals surface area (Å²) in [6.07, 6.45) is 0.0919. The van der Waals surface area contributed by atoms with Crippen molar-refractivity contribution >= 4 is 46.5 Å². The Labute approximate surface area is 147 Å². The van der Waals surface area contributed by atoms with E-state index in [1.807, 2.05) is 17.5 Å². The Morgan fingerprint density at radius 1 is 1.26 bits per heavy atom. The third-order valence-corrected chi connectivity index (χ3v) is 4.66. The monoisotopic (exact) mass is 371 g/mol. The molecule has 0 spiro atoms. The van der Waals surface area contributed by atoms with Crippen LogP contribution < -0.4 is 16.4 Å². The van der Waals surface area contributed by atoms with Gasteiger partial charge >= 0.3 is 6.03 Å². The number of hydrogen-bond donors (Lipinski definition) is 3. The molecule has 23 heavy (non-hydrogen) atoms. The van der Waals surface area contributed by atoms with Gasteiger partial charge in [-0.1, -0.05) is 35.3 Å². The molecule has 0 fully saturated rings. The minimum absolute atomic E-state index is 0.0919. The zero-order valence-corrected chi connectivity index (χ0v) is 14.3. The summed E-state index contributed by atoms with van der Waals surface area (Å²) in [7, 11) is 0. The van der Waals surface area contributed by atoms with Gasteiger partial charge in [0.05, 0.1) is 12.5 Å². The molecule has 0 saturated carbocycles. The van der Waals surface area contributed by atoms with E-state index in [1.54, 1.807) is 18.2 Å². The molecule has 1 atom stereocenters. The maximum Gasteiger partial charge on any atom is 0.312 e. The van der Waals surface area contributed by atoms with Crippen molar-refractivity contribution in [1.82, 2.24) is 10.6 Å². The fourth-order valence-electron chi connectivity index (χ4n) is 2.00. The second-order valence-electron chi connectivity index (χ2n) is 4.79. The molecule has 4 N–H and O–H groups in total. The van der Waals surface area contributed by atoms with Crippen LogP contribution in [0.15, 0.2) is 35.7 Å². The van der Waals surface area contributed by atoms with Gasteiger partial charge in [0.25, 0.3) is 0 Å². The van der Waals surface area contributed by atoms with Gasteiger partial charge in [0.1, 0.15) is 0 Å². The van der Waals surface area contributed by atoms with E-state index in [0.717, 1.165) is 10.4 Å². The Balaban J connectivity index is 1.95. The number of primary amides is 1. The molecule has 2 rings (SSSR count). The van der Waals surface area contributed by atoms with Crippen LogP contribution in [0.2, 0.25) is 10.0 Å². The Kier molecular flexibility index (Phi) is 6.27. The van der Waals surface area contributed by atoms with Gasteiger partial charge in [-0.3, -0.25) is 4.79 Å². The van der Waals surface area contributed by atoms with E-state index < -0.39 is 12.1 Å². The molecule has 0 radical (unpaired) electrons. The van der Waals surface area contributed by atoms with E-state index in [2.05, 4.69) is 10.6 Å². The van der Waals surface area contributed by atoms with E-state index in [1.165, 1.54) is 11.3 Å². The standard InChI is InChI=1S/C15H15Cl2N3O2S/c16-10-4-3-9(11(17)6-10)8-19-14(21)7-12(20-15(18)22)13-2-1-5-23-13/h1-6,12H,7-8H2,(H,19,21)(H3,18,20,22)/t12-/m1/s1. The van der Waals surface area contributed by atoms with Crippen LogP contribution in [0.1, 0.15) is 22.9 Å². The normalized spacial score (nSPS) is 11.7. The molecule has 1 aromatic carbocycles. The number of halogens is 2. The van der Waals surface area contributed by atoms with Crippen LogP contribution in [0.25, 0.3) is 0 Å². The summed E-state index contributed by atoms with van der Waals surface area (Å²) in [4.78, 5) is 24.1. The van der Waals surface area contributed by atoms with Gasteiger partial charge < -0.3 is 16.4 Å². The minimum atomic E-state index is -0.669. The van der Waals surface area contributed by atoms with E-state index >= 15 is 0 Å². The molecule has 2 aromatic rings. The number of nitrogens with two attached hydrogens (primary N) is 1. The second kappa shape index (κ2) is 8.19. The summed E-state index contributed by atoms with van der Waals surface area (Å²) in [5.41, 5.74) is 5.93. The number of amides is 3. The first-order valence-electron chi connectivity index (χ1n) is 6.75. The van der Waals surface area contributed by atoms with E-state index in [4.69, 9.17) is 28.9 Å². The van der Waals surface area contributed by atoms with Crippen LogP contribution in [-0.2, 0) is 11.3 Å². The Morgan fingerprint density at radius 2 is 2.04 bits per heavy atom. The molecule has 0 bridgehead atoms. The highest BCUT2D eigenvalue weighted by molar-refractivity contribution is 7.10. The van der Waals surface area contributed by atoms with Crippen LogP contribution in [0.4, 0.5) is 4.79 Å². The third kappa shape index (κ3) is 5.42. The van der Waals surface area contributed by atoms with Crippen LogP contribution >= 0.6 is 34.5 Å². The predicted molar refractivity (Wildman–Crippen MR) is 92.7 cm³/mol. The highest BCUT2D eigenvalue weighted by Crippen LogP contribution is 2.23. The topological polar surface area (TPSA) is 84.2 Å². The smallest absolute Gasteiger partial charge is 0.312 e. The first-order chi connectivity index (χ1) is 11.0. The molecule has 0 aliphatic rings. The van der Waals surface area contributed by atoms with Gasteiger partial charge in [-0.15, -0.1) is 11.3 Å². The van der Waals surface area contributed by atoms with Crippen molar-refractivity contribution in [2.75, 3.05) is 0 Å². The number of rotatable bonds is 6. The molecular weight excluding hydrogens is 357 g/mol. The number of benzene rings is 1. The molecule has 0 aliphatic heterocycles. The van der Waals surface area contributed by atoms with E-state index in [0.29, 0.717) is 10.0 Å². The number of carbonyl (C=O) groups excluding carboxylic acids is 2. The molecule has 0 unspecified atom stereocenters. The highest BCUT2D eigenvalue weighted by Gasteiger charge is 2.18. The second-order valence-corrected chi connectivity index (χ2v) is 6.62. The van der Waals surface area contributed by atoms with Gasteiger partial charge in [0.15, 0.2) is 0 Å². The maximum absolute atomic E-state index is 12.1. The molecule has 1 aromatic heterocycles. The lowest BCUT2D eigenvalue weighted by atomic mass is 10.1. The van der Waals surface area contributed by atoms with Crippen molar-refractivity contribution in [1.29, 1.82) is 0 Å². The fourth-order valence-corrected chi connectivity index (χ4v) is 3.25. The lowest BCUT2D eigenvalue weighted by Crippen LogP contribution is -2.36. The number of nitrogens with one attached hydrogen (secondary N) is 2. The fraction of sp³-hybridized carbons (Fsp3) is 0.200. The Morgan fingerprint density at radius 3 is 2.65 bits per heavy atom. The van der Waals surface area contributed by atoms with Crippen LogP contribution in [0, 0.1) is 0 Å². The summed E-state index contributed by atoms with van der Waals surface area (Å²) in [6.45, 7) is 0.280. The number of urea groups is 1. The average molecular weight is 372 g/mol. The van der Waals surface area contributed by atoms with Gasteiger partial charge in [0, 0.05) is 21.5 Å². The van der Waals surface area contributed by atoms with E-state index in [9.17, 15) is 9.59 Å². The van der Waals surface area contributed by atoms with Crippen molar-refractivity contribution < 1.29 is 9.59 Å². The lowest BCUT2D eigenvalue weighted by molar-refractivity contribution is -0.121. The highest BCUT2D eigenvalue weighted by atomic mass is 35.5. The summed E-state index contributed by atoms with van der Waals surface area (Å²) >= 11 is 13.3. The third-order valence-electron chi connectivity index (χ3n) is 3.08. The summed E-state index contributed by atoms with van der Waals surface area (Å²) < 4.78 is 0. The van der Waals surface area contributed by atoms with E-state index in [-0.39, 0.29) is 18.9 Å². The summed E-state index contributed by atoms with van der Waals surface area (Å²) in [5, 5.41) is 8.24. The van der Waals surface area contributed by atoms with Crippen molar-refractivity contribution in [3.63, 3.8) is 0 Å². The largest absolute Gasteiger partial charge is 0.352 e. The van der Waals surface area contributed by atoms with Gasteiger partial charge in [-0.05, 0) is 29.1 Å². The molecule has 5 nitrogen and oxygen atoms in total. The molecule has 3 amide bonds. The molecule has 1 heterocycles. The van der Waals surface area contributed by atoms with Crippen LogP contribution in [-0.4, -0.2) is 11.9 Å². The minimum Gasteiger partial charge on any atom is -0.352 e. The molecular formula is C15H15Cl2N3O2S. The summed E-state index contributed by atoms with van der Waals surface area (Å²) in [5.74, 6) is -0.219. The molecule has 0 aliphatic carbocycles. The van der Waals surface area contributed by atoms with Crippen molar-refractivity contribution in [2.24, 2.45) is 5.73 Å². The Bertz CT molecular complexity index is 692. The zero-order chi connectivity index (χ0) is 16.8. The van der Waals surface area contributed by atoms with Crippen molar-refractivity contribution in [3.8, 4) is 0 Å². The van der Waals surface area contributed by atoms with Gasteiger partial charge in [0.2, 0.25) is 5.91 Å². The molecule has 0 saturated heterocycles. The summed E-state index contributed by atoms with van der Waals surface area (Å²) in [6, 6.07) is 7.65. The number of carbonyl (C=O) groups is 2. The van der Waals surface area contributed by atoms with Crippen molar-refractivity contribution in [3.05, 3.63) is 56.2 Å². The van der Waals surface area contributed by atoms with Crippen molar-refractivity contribution in [2.45, 2.75) is 19.0 Å². The number of hydrogen-bond acceptors (Lipinski definition) is 3. The lowest BCUT2D eigenvalue weighted by Gasteiger charge is -2.16. The quantitative estimate of drug-likeness (QED) is 0.726. The predicted octanol–water partition coefficient (Wildman–Crippen LogP) is 3.47. The SMILES string of the molecule is NC(=O)N[C@H](CC(=O)NCc1ccc(Cl)cc1Cl)c1cccs1. The van der Waals surface area contributed by atoms with Gasteiger partial charge in [-0.25, -0.2) is 4.79 Å². The Hall–Kier alpha value is -1.76. The van der Waals surface area contributed by atoms with Crippen LogP contribution in [0.5, 0.6) is 0 Å². The van der Waals surface area contributed by atoms with Gasteiger partial charge in [-0.2, -0.15) is 0 Å².